The van der Waals surface area contributed by atoms with Gasteiger partial charge in [-0.15, -0.1) is 0 Å². The second-order valence-electron chi connectivity index (χ2n) is 11.8. The molecule has 45 heavy (non-hydrogen) atoms. The molecular weight excluding hydrogens is 602 g/mol. The molecule has 2 saturated heterocycles. The quantitative estimate of drug-likeness (QED) is 0.441. The number of amides is 2. The molecule has 0 radical (unpaired) electrons. The summed E-state index contributed by atoms with van der Waals surface area (Å²) in [5, 5.41) is 19.8. The molecule has 4 atom stereocenters. The molecule has 1 aromatic heterocycles. The van der Waals surface area contributed by atoms with Crippen LogP contribution in [0.15, 0.2) is 30.3 Å². The number of rotatable bonds is 7. The second-order valence-corrected chi connectivity index (χ2v) is 11.8. The summed E-state index contributed by atoms with van der Waals surface area (Å²) in [4.78, 5) is 36.3. The van der Waals surface area contributed by atoms with E-state index in [1.54, 1.807) is 41.8 Å². The summed E-state index contributed by atoms with van der Waals surface area (Å²) < 4.78 is 65.9. The third kappa shape index (κ3) is 7.32. The summed E-state index contributed by atoms with van der Waals surface area (Å²) >= 11 is 0. The van der Waals surface area contributed by atoms with Gasteiger partial charge in [0.05, 0.1) is 38.1 Å². The molecule has 15 heteroatoms. The third-order valence-electron chi connectivity index (χ3n) is 8.63. The average molecular weight is 640 g/mol. The van der Waals surface area contributed by atoms with E-state index in [9.17, 15) is 37.4 Å². The summed E-state index contributed by atoms with van der Waals surface area (Å²) in [6, 6.07) is 4.17. The maximum absolute atomic E-state index is 14.1. The van der Waals surface area contributed by atoms with Crippen molar-refractivity contribution in [2.75, 3.05) is 57.4 Å². The van der Waals surface area contributed by atoms with Crippen LogP contribution in [0.1, 0.15) is 30.7 Å². The number of anilines is 1. The highest BCUT2D eigenvalue weighted by molar-refractivity contribution is 5.97. The Morgan fingerprint density at radius 2 is 1.80 bits per heavy atom. The van der Waals surface area contributed by atoms with Crippen molar-refractivity contribution < 1.29 is 46.8 Å². The summed E-state index contributed by atoms with van der Waals surface area (Å²) in [5.41, 5.74) is 2.12. The Balaban J connectivity index is 1.41. The standard InChI is InChI=1S/C30H37F4N5O6/c1-18-11-37(23(13-38(18)29(42)43)12-36-7-8-44-17-26(36)30(32,33)34)14-27(41)39-19(2)16-45-28-25(39)10-21(24(15-40)35-28)9-20-3-5-22(31)6-4-20/h3-6,10,18-19,23,26,40H,7-9,11-17H2,1-2H3,(H,42,43)/t18-,19+,23+,26?/m1/s1. The number of halogens is 4. The topological polar surface area (TPSA) is 119 Å². The summed E-state index contributed by atoms with van der Waals surface area (Å²) in [7, 11) is 0. The van der Waals surface area contributed by atoms with Gasteiger partial charge in [-0.1, -0.05) is 12.1 Å². The van der Waals surface area contributed by atoms with Crippen molar-refractivity contribution in [3.63, 3.8) is 0 Å². The van der Waals surface area contributed by atoms with Crippen LogP contribution in [-0.4, -0.2) is 125 Å². The first-order valence-corrected chi connectivity index (χ1v) is 14.8. The summed E-state index contributed by atoms with van der Waals surface area (Å²) in [6.07, 6.45) is -5.40. The van der Waals surface area contributed by atoms with Crippen molar-refractivity contribution in [3.8, 4) is 5.88 Å². The van der Waals surface area contributed by atoms with Crippen LogP contribution < -0.4 is 9.64 Å². The average Bonchev–Trinajstić information content (AvgIpc) is 2.98. The van der Waals surface area contributed by atoms with Crippen molar-refractivity contribution in [2.24, 2.45) is 0 Å². The number of carboxylic acid groups (broad SMARTS) is 1. The molecule has 3 aliphatic heterocycles. The lowest BCUT2D eigenvalue weighted by atomic mass is 10.0. The van der Waals surface area contributed by atoms with Crippen LogP contribution >= 0.6 is 0 Å². The molecule has 0 aliphatic carbocycles. The summed E-state index contributed by atoms with van der Waals surface area (Å²) in [5.74, 6) is -0.577. The number of aromatic nitrogens is 1. The van der Waals surface area contributed by atoms with Gasteiger partial charge < -0.3 is 29.5 Å². The molecule has 246 valence electrons. The molecule has 0 bridgehead atoms. The van der Waals surface area contributed by atoms with Crippen LogP contribution in [0.4, 0.5) is 28.0 Å². The highest BCUT2D eigenvalue weighted by atomic mass is 19.4. The first-order valence-electron chi connectivity index (χ1n) is 14.8. The Kier molecular flexibility index (Phi) is 9.82. The van der Waals surface area contributed by atoms with Crippen LogP contribution in [0, 0.1) is 5.82 Å². The molecule has 2 amide bonds. The van der Waals surface area contributed by atoms with Gasteiger partial charge in [-0.3, -0.25) is 14.6 Å². The van der Waals surface area contributed by atoms with E-state index in [1.807, 2.05) is 0 Å². The van der Waals surface area contributed by atoms with Crippen LogP contribution in [0.3, 0.4) is 0 Å². The molecule has 2 aromatic rings. The van der Waals surface area contributed by atoms with Gasteiger partial charge in [-0.2, -0.15) is 13.2 Å². The van der Waals surface area contributed by atoms with E-state index in [2.05, 4.69) is 4.98 Å². The number of alkyl halides is 3. The van der Waals surface area contributed by atoms with E-state index in [0.717, 1.165) is 5.56 Å². The van der Waals surface area contributed by atoms with Crippen LogP contribution in [-0.2, 0) is 22.6 Å². The Bertz CT molecular complexity index is 1380. The Hall–Kier alpha value is -3.53. The van der Waals surface area contributed by atoms with E-state index in [0.29, 0.717) is 23.4 Å². The minimum absolute atomic E-state index is 0.0225. The number of nitrogens with zero attached hydrogens (tertiary/aromatic N) is 5. The molecule has 11 nitrogen and oxygen atoms in total. The van der Waals surface area contributed by atoms with Gasteiger partial charge in [0.2, 0.25) is 11.8 Å². The molecule has 4 heterocycles. The van der Waals surface area contributed by atoms with E-state index in [4.69, 9.17) is 9.47 Å². The monoisotopic (exact) mass is 639 g/mol. The van der Waals surface area contributed by atoms with Gasteiger partial charge in [-0.05, 0) is 49.6 Å². The second kappa shape index (κ2) is 13.4. The number of ether oxygens (including phenoxy) is 2. The number of hydrogen-bond acceptors (Lipinski definition) is 8. The minimum Gasteiger partial charge on any atom is -0.474 e. The fourth-order valence-electron chi connectivity index (χ4n) is 6.27. The van der Waals surface area contributed by atoms with Crippen LogP contribution in [0.2, 0.25) is 0 Å². The number of morpholine rings is 1. The molecule has 2 fully saturated rings. The number of fused-ring (bicyclic) bond motifs is 1. The molecule has 0 spiro atoms. The number of aliphatic hydroxyl groups excluding tert-OH is 1. The summed E-state index contributed by atoms with van der Waals surface area (Å²) in [6.45, 7) is 2.66. The number of hydrogen-bond donors (Lipinski definition) is 2. The smallest absolute Gasteiger partial charge is 0.407 e. The maximum atomic E-state index is 14.1. The van der Waals surface area contributed by atoms with Crippen molar-refractivity contribution in [1.29, 1.82) is 0 Å². The zero-order chi connectivity index (χ0) is 32.5. The van der Waals surface area contributed by atoms with Gasteiger partial charge in [0.1, 0.15) is 24.2 Å². The van der Waals surface area contributed by atoms with Crippen LogP contribution in [0.25, 0.3) is 0 Å². The number of pyridine rings is 1. The zero-order valence-electron chi connectivity index (χ0n) is 25.0. The molecule has 5 rings (SSSR count). The zero-order valence-corrected chi connectivity index (χ0v) is 25.0. The number of aliphatic hydroxyl groups is 1. The number of carbonyl (C=O) groups is 2. The first-order chi connectivity index (χ1) is 21.3. The molecule has 1 aromatic carbocycles. The minimum atomic E-state index is -4.53. The Labute approximate surface area is 257 Å². The number of piperazine rings is 1. The van der Waals surface area contributed by atoms with Gasteiger partial charge in [0.15, 0.2) is 0 Å². The number of benzene rings is 1. The molecular formula is C30H37F4N5O6. The lowest BCUT2D eigenvalue weighted by molar-refractivity contribution is -0.214. The van der Waals surface area contributed by atoms with Crippen molar-refractivity contribution in [3.05, 3.63) is 53.0 Å². The molecule has 2 N–H and O–H groups in total. The van der Waals surface area contributed by atoms with Crippen molar-refractivity contribution >= 4 is 17.7 Å². The fourth-order valence-corrected chi connectivity index (χ4v) is 6.27. The predicted molar refractivity (Wildman–Crippen MR) is 154 cm³/mol. The molecule has 3 aliphatic rings. The lowest BCUT2D eigenvalue weighted by Crippen LogP contribution is -2.65. The van der Waals surface area contributed by atoms with E-state index >= 15 is 0 Å². The van der Waals surface area contributed by atoms with E-state index in [1.165, 1.54) is 21.9 Å². The van der Waals surface area contributed by atoms with Crippen molar-refractivity contribution in [1.82, 2.24) is 19.7 Å². The normalized spacial score (nSPS) is 24.7. The fraction of sp³-hybridized carbons (Fsp3) is 0.567. The van der Waals surface area contributed by atoms with Crippen molar-refractivity contribution in [2.45, 2.75) is 57.2 Å². The highest BCUT2D eigenvalue weighted by Gasteiger charge is 2.47. The van der Waals surface area contributed by atoms with E-state index in [-0.39, 0.29) is 70.1 Å². The van der Waals surface area contributed by atoms with Gasteiger partial charge in [0, 0.05) is 38.3 Å². The Morgan fingerprint density at radius 1 is 1.07 bits per heavy atom. The van der Waals surface area contributed by atoms with Gasteiger partial charge >= 0.3 is 12.3 Å². The predicted octanol–water partition coefficient (Wildman–Crippen LogP) is 2.73. The highest BCUT2D eigenvalue weighted by Crippen LogP contribution is 2.36. The van der Waals surface area contributed by atoms with Gasteiger partial charge in [-0.25, -0.2) is 14.2 Å². The largest absolute Gasteiger partial charge is 0.474 e. The molecule has 0 saturated carbocycles. The van der Waals surface area contributed by atoms with E-state index < -0.39 is 43.0 Å². The SMILES string of the molecule is C[C@@H]1CN(CC(=O)N2c3cc(Cc4ccc(F)cc4)c(CO)nc3OC[C@@H]2C)[C@@H](CN2CCOCC2C(F)(F)F)CN1C(=O)O. The van der Waals surface area contributed by atoms with Gasteiger partial charge in [0.25, 0.3) is 0 Å². The lowest BCUT2D eigenvalue weighted by Gasteiger charge is -2.47. The molecule has 1 unspecified atom stereocenters. The maximum Gasteiger partial charge on any atom is 0.407 e. The third-order valence-corrected chi connectivity index (χ3v) is 8.63. The first kappa shape index (κ1) is 32.9. The Morgan fingerprint density at radius 3 is 2.47 bits per heavy atom. The number of carbonyl (C=O) groups excluding carboxylic acids is 1. The van der Waals surface area contributed by atoms with Crippen LogP contribution in [0.5, 0.6) is 5.88 Å².